The Kier molecular flexibility index (Phi) is 7.39. The van der Waals surface area contributed by atoms with Gasteiger partial charge in [0.25, 0.3) is 5.91 Å². The van der Waals surface area contributed by atoms with Crippen LogP contribution in [-0.2, 0) is 0 Å². The number of piperazine rings is 1. The van der Waals surface area contributed by atoms with Gasteiger partial charge in [-0.1, -0.05) is 12.8 Å². The molecule has 2 aliphatic rings. The van der Waals surface area contributed by atoms with Gasteiger partial charge in [0.15, 0.2) is 0 Å². The summed E-state index contributed by atoms with van der Waals surface area (Å²) in [6.45, 7) is 3.56. The number of hydrogen-bond donors (Lipinski definition) is 1. The molecule has 0 aromatic carbocycles. The molecule has 1 aromatic rings. The maximum absolute atomic E-state index is 12.4. The summed E-state index contributed by atoms with van der Waals surface area (Å²) in [6.07, 6.45) is 8.55. The maximum Gasteiger partial charge on any atom is 0.257 e. The van der Waals surface area contributed by atoms with Gasteiger partial charge in [0.05, 0.1) is 5.56 Å². The first-order valence-electron chi connectivity index (χ1n) is 7.48. The molecule has 0 atom stereocenters. The number of nitrogen functional groups attached to an aromatic ring is 1. The molecular weight excluding hydrogens is 323 g/mol. The predicted octanol–water partition coefficient (Wildman–Crippen LogP) is 2.21. The summed E-state index contributed by atoms with van der Waals surface area (Å²) in [7, 11) is 0. The van der Waals surface area contributed by atoms with E-state index in [0.717, 1.165) is 32.2 Å². The van der Waals surface area contributed by atoms with Gasteiger partial charge in [-0.15, -0.1) is 24.8 Å². The fourth-order valence-electron chi connectivity index (χ4n) is 3.31. The minimum Gasteiger partial charge on any atom is -0.398 e. The second-order valence-corrected chi connectivity index (χ2v) is 5.73. The third-order valence-corrected chi connectivity index (χ3v) is 4.53. The van der Waals surface area contributed by atoms with Gasteiger partial charge in [0, 0.05) is 50.3 Å². The van der Waals surface area contributed by atoms with Crippen LogP contribution in [0.4, 0.5) is 5.69 Å². The highest BCUT2D eigenvalue weighted by Gasteiger charge is 2.28. The Morgan fingerprint density at radius 2 is 1.77 bits per heavy atom. The van der Waals surface area contributed by atoms with Crippen molar-refractivity contribution in [3.05, 3.63) is 24.0 Å². The summed E-state index contributed by atoms with van der Waals surface area (Å²) < 4.78 is 0. The van der Waals surface area contributed by atoms with E-state index in [1.54, 1.807) is 18.5 Å². The third-order valence-electron chi connectivity index (χ3n) is 4.53. The Bertz CT molecular complexity index is 486. The molecule has 2 fully saturated rings. The third kappa shape index (κ3) is 4.03. The van der Waals surface area contributed by atoms with E-state index in [4.69, 9.17) is 5.73 Å². The van der Waals surface area contributed by atoms with Crippen molar-refractivity contribution in [2.75, 3.05) is 31.9 Å². The molecule has 5 nitrogen and oxygen atoms in total. The van der Waals surface area contributed by atoms with Crippen molar-refractivity contribution in [2.45, 2.75) is 31.7 Å². The van der Waals surface area contributed by atoms with E-state index in [9.17, 15) is 4.79 Å². The lowest BCUT2D eigenvalue weighted by molar-refractivity contribution is 0.0574. The molecule has 1 aliphatic carbocycles. The van der Waals surface area contributed by atoms with E-state index in [-0.39, 0.29) is 30.7 Å². The lowest BCUT2D eigenvalue weighted by Crippen LogP contribution is -2.51. The van der Waals surface area contributed by atoms with E-state index in [2.05, 4.69) is 9.88 Å². The fraction of sp³-hybridized carbons (Fsp3) is 0.600. The van der Waals surface area contributed by atoms with Gasteiger partial charge in [0.2, 0.25) is 0 Å². The van der Waals surface area contributed by atoms with E-state index in [0.29, 0.717) is 11.3 Å². The zero-order valence-electron chi connectivity index (χ0n) is 12.6. The molecule has 7 heteroatoms. The van der Waals surface area contributed by atoms with E-state index in [1.165, 1.54) is 25.7 Å². The second kappa shape index (κ2) is 8.56. The summed E-state index contributed by atoms with van der Waals surface area (Å²) in [6, 6.07) is 2.43. The number of rotatable bonds is 2. The summed E-state index contributed by atoms with van der Waals surface area (Å²) in [5.41, 5.74) is 6.90. The number of carbonyl (C=O) groups is 1. The minimum absolute atomic E-state index is 0. The lowest BCUT2D eigenvalue weighted by atomic mass is 10.1. The molecule has 2 heterocycles. The van der Waals surface area contributed by atoms with Gasteiger partial charge < -0.3 is 10.6 Å². The van der Waals surface area contributed by atoms with Crippen LogP contribution in [0.15, 0.2) is 18.5 Å². The minimum atomic E-state index is 0. The van der Waals surface area contributed by atoms with Crippen molar-refractivity contribution in [2.24, 2.45) is 0 Å². The van der Waals surface area contributed by atoms with Crippen molar-refractivity contribution in [3.63, 3.8) is 0 Å². The van der Waals surface area contributed by atoms with Gasteiger partial charge in [-0.2, -0.15) is 0 Å². The molecule has 0 radical (unpaired) electrons. The van der Waals surface area contributed by atoms with Gasteiger partial charge in [-0.05, 0) is 18.9 Å². The first-order valence-corrected chi connectivity index (χ1v) is 7.48. The van der Waals surface area contributed by atoms with Crippen LogP contribution in [0, 0.1) is 0 Å². The van der Waals surface area contributed by atoms with Crippen molar-refractivity contribution in [3.8, 4) is 0 Å². The van der Waals surface area contributed by atoms with Crippen LogP contribution in [0.3, 0.4) is 0 Å². The Morgan fingerprint density at radius 1 is 1.14 bits per heavy atom. The number of halogens is 2. The van der Waals surface area contributed by atoms with E-state index < -0.39 is 0 Å². The Labute approximate surface area is 144 Å². The van der Waals surface area contributed by atoms with Crippen molar-refractivity contribution < 1.29 is 4.79 Å². The molecule has 124 valence electrons. The standard InChI is InChI=1S/C15H22N4O.2ClH/c16-14-5-6-17-11-13(14)15(20)19-9-7-18(8-10-19)12-3-1-2-4-12;;/h5-6,11-12H,1-4,7-10H2,(H2,16,17);2*1H. The SMILES string of the molecule is Cl.Cl.Nc1ccncc1C(=O)N1CCN(C2CCCC2)CC1. The Hall–Kier alpha value is -1.04. The van der Waals surface area contributed by atoms with Crippen LogP contribution in [0.1, 0.15) is 36.0 Å². The van der Waals surface area contributed by atoms with Crippen LogP contribution in [0.25, 0.3) is 0 Å². The molecular formula is C15H24Cl2N4O. The van der Waals surface area contributed by atoms with Crippen LogP contribution in [0.2, 0.25) is 0 Å². The summed E-state index contributed by atoms with van der Waals surface area (Å²) in [5.74, 6) is 0.0154. The van der Waals surface area contributed by atoms with Gasteiger partial charge in [-0.25, -0.2) is 0 Å². The quantitative estimate of drug-likeness (QED) is 0.891. The van der Waals surface area contributed by atoms with Crippen LogP contribution in [-0.4, -0.2) is 52.9 Å². The molecule has 3 rings (SSSR count). The van der Waals surface area contributed by atoms with Crippen LogP contribution >= 0.6 is 24.8 Å². The zero-order chi connectivity index (χ0) is 13.9. The number of aromatic nitrogens is 1. The zero-order valence-corrected chi connectivity index (χ0v) is 14.2. The Morgan fingerprint density at radius 3 is 2.36 bits per heavy atom. The summed E-state index contributed by atoms with van der Waals surface area (Å²) >= 11 is 0. The average molecular weight is 347 g/mol. The highest BCUT2D eigenvalue weighted by Crippen LogP contribution is 2.24. The Balaban J connectivity index is 0.00000121. The predicted molar refractivity (Wildman–Crippen MR) is 92.9 cm³/mol. The average Bonchev–Trinajstić information content (AvgIpc) is 3.01. The van der Waals surface area contributed by atoms with Crippen molar-refractivity contribution in [1.82, 2.24) is 14.8 Å². The second-order valence-electron chi connectivity index (χ2n) is 5.73. The van der Waals surface area contributed by atoms with Gasteiger partial charge in [-0.3, -0.25) is 14.7 Å². The van der Waals surface area contributed by atoms with E-state index in [1.807, 2.05) is 4.90 Å². The molecule has 1 saturated carbocycles. The molecule has 0 bridgehead atoms. The molecule has 2 N–H and O–H groups in total. The highest BCUT2D eigenvalue weighted by atomic mass is 35.5. The first kappa shape index (κ1) is 19.0. The van der Waals surface area contributed by atoms with Crippen LogP contribution < -0.4 is 5.73 Å². The molecule has 0 spiro atoms. The number of amides is 1. The first-order chi connectivity index (χ1) is 9.75. The van der Waals surface area contributed by atoms with Crippen molar-refractivity contribution >= 4 is 36.4 Å². The smallest absolute Gasteiger partial charge is 0.257 e. The highest BCUT2D eigenvalue weighted by molar-refractivity contribution is 5.98. The molecule has 1 aromatic heterocycles. The summed E-state index contributed by atoms with van der Waals surface area (Å²) in [4.78, 5) is 20.9. The number of anilines is 1. The molecule has 1 saturated heterocycles. The molecule has 22 heavy (non-hydrogen) atoms. The number of carbonyl (C=O) groups excluding carboxylic acids is 1. The van der Waals surface area contributed by atoms with Gasteiger partial charge in [0.1, 0.15) is 0 Å². The molecule has 1 amide bonds. The lowest BCUT2D eigenvalue weighted by Gasteiger charge is -2.38. The topological polar surface area (TPSA) is 62.5 Å². The fourth-order valence-corrected chi connectivity index (χ4v) is 3.31. The van der Waals surface area contributed by atoms with Gasteiger partial charge >= 0.3 is 0 Å². The number of hydrogen-bond acceptors (Lipinski definition) is 4. The monoisotopic (exact) mass is 346 g/mol. The summed E-state index contributed by atoms with van der Waals surface area (Å²) in [5, 5.41) is 0. The van der Waals surface area contributed by atoms with E-state index >= 15 is 0 Å². The number of pyridine rings is 1. The van der Waals surface area contributed by atoms with Crippen molar-refractivity contribution in [1.29, 1.82) is 0 Å². The number of nitrogens with two attached hydrogens (primary N) is 1. The maximum atomic E-state index is 12.4. The largest absolute Gasteiger partial charge is 0.398 e. The number of nitrogens with zero attached hydrogens (tertiary/aromatic N) is 3. The molecule has 1 aliphatic heterocycles. The van der Waals surface area contributed by atoms with Crippen LogP contribution in [0.5, 0.6) is 0 Å². The normalized spacial score (nSPS) is 19.4. The molecule has 0 unspecified atom stereocenters.